The maximum atomic E-state index is 12.6. The Hall–Kier alpha value is -1.24. The maximum Gasteiger partial charge on any atom is 0.231 e. The Morgan fingerprint density at radius 1 is 1.45 bits per heavy atom. The molecule has 0 radical (unpaired) electrons. The second-order valence-electron chi connectivity index (χ2n) is 5.73. The predicted molar refractivity (Wildman–Crippen MR) is 92.4 cm³/mol. The van der Waals surface area contributed by atoms with E-state index in [1.807, 2.05) is 43.7 Å². The molecule has 0 spiro atoms. The molecule has 4 nitrogen and oxygen atoms in total. The van der Waals surface area contributed by atoms with Crippen LogP contribution in [-0.2, 0) is 10.2 Å². The SMILES string of the molecule is CCC(CCO)NC(=O)C(C)(C)c1csc(-c2cccs2)n1. The van der Waals surface area contributed by atoms with E-state index < -0.39 is 5.41 Å². The summed E-state index contributed by atoms with van der Waals surface area (Å²) in [6.45, 7) is 5.87. The Bertz CT molecular complexity index is 605. The van der Waals surface area contributed by atoms with E-state index >= 15 is 0 Å². The average Bonchev–Trinajstić information content (AvgIpc) is 3.16. The number of thiazole rings is 1. The lowest BCUT2D eigenvalue weighted by molar-refractivity contribution is -0.126. The second-order valence-corrected chi connectivity index (χ2v) is 7.54. The lowest BCUT2D eigenvalue weighted by atomic mass is 9.88. The standard InChI is InChI=1S/C16H22N2O2S2/c1-4-11(7-8-19)17-15(20)16(2,3)13-10-22-14(18-13)12-6-5-9-21-12/h5-6,9-11,19H,4,7-8H2,1-3H3,(H,17,20). The molecule has 0 aliphatic carbocycles. The van der Waals surface area contributed by atoms with E-state index in [0.717, 1.165) is 22.0 Å². The van der Waals surface area contributed by atoms with Gasteiger partial charge in [-0.25, -0.2) is 4.98 Å². The highest BCUT2D eigenvalue weighted by Crippen LogP contribution is 2.32. The van der Waals surface area contributed by atoms with Crippen molar-refractivity contribution in [1.82, 2.24) is 10.3 Å². The van der Waals surface area contributed by atoms with Gasteiger partial charge in [-0.1, -0.05) is 13.0 Å². The molecular formula is C16H22N2O2S2. The topological polar surface area (TPSA) is 62.2 Å². The van der Waals surface area contributed by atoms with Crippen molar-refractivity contribution in [2.24, 2.45) is 0 Å². The first-order chi connectivity index (χ1) is 10.5. The number of nitrogens with zero attached hydrogens (tertiary/aromatic N) is 1. The van der Waals surface area contributed by atoms with E-state index in [-0.39, 0.29) is 18.6 Å². The summed E-state index contributed by atoms with van der Waals surface area (Å²) in [6.07, 6.45) is 1.38. The Labute approximate surface area is 139 Å². The first-order valence-electron chi connectivity index (χ1n) is 7.40. The van der Waals surface area contributed by atoms with E-state index in [9.17, 15) is 4.79 Å². The summed E-state index contributed by atoms with van der Waals surface area (Å²) in [5.74, 6) is -0.0455. The molecule has 2 aromatic heterocycles. The van der Waals surface area contributed by atoms with Crippen LogP contribution in [0.3, 0.4) is 0 Å². The fourth-order valence-corrected chi connectivity index (χ4v) is 3.89. The molecule has 22 heavy (non-hydrogen) atoms. The Morgan fingerprint density at radius 2 is 2.23 bits per heavy atom. The van der Waals surface area contributed by atoms with Gasteiger partial charge in [-0.3, -0.25) is 4.79 Å². The number of carbonyl (C=O) groups is 1. The van der Waals surface area contributed by atoms with Crippen LogP contribution >= 0.6 is 22.7 Å². The summed E-state index contributed by atoms with van der Waals surface area (Å²) >= 11 is 3.21. The summed E-state index contributed by atoms with van der Waals surface area (Å²) in [6, 6.07) is 4.04. The van der Waals surface area contributed by atoms with Crippen LogP contribution < -0.4 is 5.32 Å². The number of aliphatic hydroxyl groups excluding tert-OH is 1. The van der Waals surface area contributed by atoms with Crippen molar-refractivity contribution in [3.8, 4) is 9.88 Å². The third kappa shape index (κ3) is 3.74. The van der Waals surface area contributed by atoms with Crippen molar-refractivity contribution in [2.45, 2.75) is 45.1 Å². The van der Waals surface area contributed by atoms with E-state index in [0.29, 0.717) is 6.42 Å². The van der Waals surface area contributed by atoms with Crippen molar-refractivity contribution in [3.05, 3.63) is 28.6 Å². The summed E-state index contributed by atoms with van der Waals surface area (Å²) in [7, 11) is 0. The van der Waals surface area contributed by atoms with E-state index in [1.165, 1.54) is 0 Å². The van der Waals surface area contributed by atoms with Crippen LogP contribution in [0.4, 0.5) is 0 Å². The van der Waals surface area contributed by atoms with Crippen molar-refractivity contribution in [1.29, 1.82) is 0 Å². The van der Waals surface area contributed by atoms with Gasteiger partial charge < -0.3 is 10.4 Å². The Balaban J connectivity index is 2.13. The number of hydrogen-bond acceptors (Lipinski definition) is 5. The van der Waals surface area contributed by atoms with Gasteiger partial charge in [0.15, 0.2) is 0 Å². The van der Waals surface area contributed by atoms with Crippen LogP contribution in [0.15, 0.2) is 22.9 Å². The van der Waals surface area contributed by atoms with Crippen LogP contribution in [0, 0.1) is 0 Å². The lowest BCUT2D eigenvalue weighted by Crippen LogP contribution is -2.45. The molecule has 0 aliphatic heterocycles. The van der Waals surface area contributed by atoms with Gasteiger partial charge >= 0.3 is 0 Å². The highest BCUT2D eigenvalue weighted by atomic mass is 32.1. The summed E-state index contributed by atoms with van der Waals surface area (Å²) < 4.78 is 0. The number of nitrogens with one attached hydrogen (secondary N) is 1. The fraction of sp³-hybridized carbons (Fsp3) is 0.500. The minimum Gasteiger partial charge on any atom is -0.396 e. The molecule has 1 amide bonds. The molecule has 2 aromatic rings. The highest BCUT2D eigenvalue weighted by Gasteiger charge is 2.33. The molecule has 0 fully saturated rings. The molecule has 6 heteroatoms. The zero-order valence-corrected chi connectivity index (χ0v) is 14.8. The number of aromatic nitrogens is 1. The molecule has 1 atom stereocenters. The third-order valence-corrected chi connectivity index (χ3v) is 5.63. The zero-order chi connectivity index (χ0) is 16.2. The van der Waals surface area contributed by atoms with Crippen molar-refractivity contribution >= 4 is 28.6 Å². The molecule has 1 unspecified atom stereocenters. The van der Waals surface area contributed by atoms with Crippen molar-refractivity contribution in [3.63, 3.8) is 0 Å². The van der Waals surface area contributed by atoms with E-state index in [2.05, 4.69) is 10.3 Å². The van der Waals surface area contributed by atoms with E-state index in [4.69, 9.17) is 5.11 Å². The zero-order valence-electron chi connectivity index (χ0n) is 13.1. The third-order valence-electron chi connectivity index (χ3n) is 3.75. The molecule has 0 bridgehead atoms. The van der Waals surface area contributed by atoms with Crippen LogP contribution in [0.2, 0.25) is 0 Å². The number of hydrogen-bond donors (Lipinski definition) is 2. The largest absolute Gasteiger partial charge is 0.396 e. The lowest BCUT2D eigenvalue weighted by Gasteiger charge is -2.25. The quantitative estimate of drug-likeness (QED) is 0.813. The minimum absolute atomic E-state index is 0.00665. The Morgan fingerprint density at radius 3 is 2.82 bits per heavy atom. The van der Waals surface area contributed by atoms with Gasteiger partial charge in [-0.2, -0.15) is 0 Å². The predicted octanol–water partition coefficient (Wildman–Crippen LogP) is 3.43. The number of rotatable bonds is 7. The normalized spacial score (nSPS) is 13.1. The number of aliphatic hydroxyl groups is 1. The first-order valence-corrected chi connectivity index (χ1v) is 9.16. The average molecular weight is 338 g/mol. The monoisotopic (exact) mass is 338 g/mol. The van der Waals surface area contributed by atoms with Crippen LogP contribution in [-0.4, -0.2) is 28.6 Å². The summed E-state index contributed by atoms with van der Waals surface area (Å²) in [5, 5.41) is 17.0. The van der Waals surface area contributed by atoms with E-state index in [1.54, 1.807) is 22.7 Å². The van der Waals surface area contributed by atoms with Crippen molar-refractivity contribution < 1.29 is 9.90 Å². The molecule has 2 heterocycles. The molecule has 120 valence electrons. The van der Waals surface area contributed by atoms with Gasteiger partial charge in [-0.15, -0.1) is 22.7 Å². The fourth-order valence-electron chi connectivity index (χ4n) is 2.09. The van der Waals surface area contributed by atoms with Crippen LogP contribution in [0.1, 0.15) is 39.3 Å². The maximum absolute atomic E-state index is 12.6. The Kier molecular flexibility index (Phi) is 5.72. The summed E-state index contributed by atoms with van der Waals surface area (Å²) in [4.78, 5) is 18.3. The second kappa shape index (κ2) is 7.35. The highest BCUT2D eigenvalue weighted by molar-refractivity contribution is 7.20. The number of thiophene rings is 1. The molecule has 0 aliphatic rings. The molecule has 0 aromatic carbocycles. The van der Waals surface area contributed by atoms with Crippen molar-refractivity contribution in [2.75, 3.05) is 6.61 Å². The minimum atomic E-state index is -0.686. The van der Waals surface area contributed by atoms with Gasteiger partial charge in [-0.05, 0) is 38.1 Å². The number of amides is 1. The number of carbonyl (C=O) groups excluding carboxylic acids is 1. The van der Waals surface area contributed by atoms with Gasteiger partial charge in [0.05, 0.1) is 16.0 Å². The molecular weight excluding hydrogens is 316 g/mol. The summed E-state index contributed by atoms with van der Waals surface area (Å²) in [5.41, 5.74) is 0.103. The molecule has 2 N–H and O–H groups in total. The molecule has 0 saturated heterocycles. The van der Waals surface area contributed by atoms with Gasteiger partial charge in [0, 0.05) is 18.0 Å². The molecule has 0 saturated carbocycles. The molecule has 2 rings (SSSR count). The first kappa shape index (κ1) is 17.1. The van der Waals surface area contributed by atoms with Gasteiger partial charge in [0.25, 0.3) is 0 Å². The van der Waals surface area contributed by atoms with Gasteiger partial charge in [0.1, 0.15) is 5.01 Å². The van der Waals surface area contributed by atoms with Gasteiger partial charge in [0.2, 0.25) is 5.91 Å². The smallest absolute Gasteiger partial charge is 0.231 e. The van der Waals surface area contributed by atoms with Crippen LogP contribution in [0.5, 0.6) is 0 Å². The van der Waals surface area contributed by atoms with Crippen LogP contribution in [0.25, 0.3) is 9.88 Å².